The topological polar surface area (TPSA) is 52.6 Å². The molecule has 1 heterocycles. The van der Waals surface area contributed by atoms with E-state index >= 15 is 0 Å². The van der Waals surface area contributed by atoms with Crippen LogP contribution in [0.2, 0.25) is 0 Å². The van der Waals surface area contributed by atoms with Crippen LogP contribution in [0.3, 0.4) is 0 Å². The van der Waals surface area contributed by atoms with E-state index in [2.05, 4.69) is 5.32 Å². The third kappa shape index (κ3) is 3.95. The predicted octanol–water partition coefficient (Wildman–Crippen LogP) is 2.15. The Morgan fingerprint density at radius 2 is 1.95 bits per heavy atom. The molecule has 1 aliphatic heterocycles. The lowest BCUT2D eigenvalue weighted by atomic mass is 9.91. The fourth-order valence-electron chi connectivity index (χ4n) is 2.33. The van der Waals surface area contributed by atoms with Crippen LogP contribution >= 0.6 is 0 Å². The summed E-state index contributed by atoms with van der Waals surface area (Å²) in [5, 5.41) is 12.0. The second-order valence-electron chi connectivity index (χ2n) is 5.36. The maximum atomic E-state index is 13.0. The Labute approximate surface area is 124 Å². The molecular weight excluding hydrogens is 304 g/mol. The molecule has 0 saturated carbocycles. The summed E-state index contributed by atoms with van der Waals surface area (Å²) in [5.41, 5.74) is -2.39. The zero-order valence-electron chi connectivity index (χ0n) is 11.7. The number of hydrogen-bond donors (Lipinski definition) is 2. The molecule has 0 atom stereocenters. The van der Waals surface area contributed by atoms with E-state index in [1.54, 1.807) is 0 Å². The smallest absolute Gasteiger partial charge is 0.380 e. The van der Waals surface area contributed by atoms with Gasteiger partial charge in [0.1, 0.15) is 5.82 Å². The van der Waals surface area contributed by atoms with Gasteiger partial charge in [-0.05, 0) is 31.0 Å². The van der Waals surface area contributed by atoms with Crippen LogP contribution in [0.5, 0.6) is 0 Å². The highest BCUT2D eigenvalue weighted by atomic mass is 19.4. The van der Waals surface area contributed by atoms with Gasteiger partial charge in [0.05, 0.1) is 6.54 Å². The van der Waals surface area contributed by atoms with E-state index in [1.807, 2.05) is 0 Å². The number of aliphatic hydroxyl groups is 1. The van der Waals surface area contributed by atoms with Crippen LogP contribution in [-0.4, -0.2) is 47.3 Å². The van der Waals surface area contributed by atoms with Gasteiger partial charge in [0.15, 0.2) is 5.60 Å². The summed E-state index contributed by atoms with van der Waals surface area (Å²) in [6, 6.07) is 5.34. The van der Waals surface area contributed by atoms with E-state index in [1.165, 1.54) is 23.1 Å². The third-order valence-electron chi connectivity index (χ3n) is 3.69. The highest BCUT2D eigenvalue weighted by molar-refractivity contribution is 5.92. The van der Waals surface area contributed by atoms with Gasteiger partial charge in [-0.2, -0.15) is 13.2 Å². The summed E-state index contributed by atoms with van der Waals surface area (Å²) in [6.45, 7) is -0.177. The summed E-state index contributed by atoms with van der Waals surface area (Å²) >= 11 is 0. The average molecular weight is 320 g/mol. The van der Waals surface area contributed by atoms with E-state index in [-0.39, 0.29) is 25.3 Å². The first-order valence-corrected chi connectivity index (χ1v) is 6.76. The normalized spacial score (nSPS) is 19.0. The molecule has 1 amide bonds. The SMILES string of the molecule is O=C(CN1CCC(O)(C(F)(F)F)CC1)Nc1cccc(F)c1. The summed E-state index contributed by atoms with van der Waals surface area (Å²) in [6.07, 6.45) is -5.60. The largest absolute Gasteiger partial charge is 0.417 e. The van der Waals surface area contributed by atoms with Crippen molar-refractivity contribution in [2.45, 2.75) is 24.6 Å². The highest BCUT2D eigenvalue weighted by Crippen LogP contribution is 2.38. The van der Waals surface area contributed by atoms with E-state index in [0.29, 0.717) is 0 Å². The number of alkyl halides is 3. The van der Waals surface area contributed by atoms with Crippen molar-refractivity contribution in [2.24, 2.45) is 0 Å². The van der Waals surface area contributed by atoms with Gasteiger partial charge in [0, 0.05) is 18.8 Å². The number of amides is 1. The third-order valence-corrected chi connectivity index (χ3v) is 3.69. The Morgan fingerprint density at radius 3 is 2.50 bits per heavy atom. The van der Waals surface area contributed by atoms with Crippen molar-refractivity contribution < 1.29 is 27.5 Å². The molecule has 4 nitrogen and oxygen atoms in total. The molecule has 0 radical (unpaired) electrons. The lowest BCUT2D eigenvalue weighted by molar-refractivity contribution is -0.272. The van der Waals surface area contributed by atoms with Crippen LogP contribution < -0.4 is 5.32 Å². The summed E-state index contributed by atoms with van der Waals surface area (Å²) in [7, 11) is 0. The Balaban J connectivity index is 1.85. The highest BCUT2D eigenvalue weighted by Gasteiger charge is 2.54. The fourth-order valence-corrected chi connectivity index (χ4v) is 2.33. The monoisotopic (exact) mass is 320 g/mol. The molecule has 0 aromatic heterocycles. The first-order valence-electron chi connectivity index (χ1n) is 6.76. The summed E-state index contributed by atoms with van der Waals surface area (Å²) < 4.78 is 50.9. The van der Waals surface area contributed by atoms with Crippen LogP contribution in [0.15, 0.2) is 24.3 Å². The molecule has 0 unspecified atom stereocenters. The maximum Gasteiger partial charge on any atom is 0.417 e. The van der Waals surface area contributed by atoms with Gasteiger partial charge in [-0.1, -0.05) is 6.07 Å². The molecule has 8 heteroatoms. The van der Waals surface area contributed by atoms with E-state index in [0.717, 1.165) is 6.07 Å². The van der Waals surface area contributed by atoms with Gasteiger partial charge in [0.2, 0.25) is 5.91 Å². The molecular formula is C14H16F4N2O2. The van der Waals surface area contributed by atoms with Crippen molar-refractivity contribution >= 4 is 11.6 Å². The van der Waals surface area contributed by atoms with Gasteiger partial charge in [-0.25, -0.2) is 4.39 Å². The molecule has 2 N–H and O–H groups in total. The predicted molar refractivity (Wildman–Crippen MR) is 71.7 cm³/mol. The second kappa shape index (κ2) is 6.21. The number of carbonyl (C=O) groups is 1. The van der Waals surface area contributed by atoms with Crippen molar-refractivity contribution in [3.63, 3.8) is 0 Å². The lowest BCUT2D eigenvalue weighted by Gasteiger charge is -2.38. The van der Waals surface area contributed by atoms with Gasteiger partial charge in [-0.3, -0.25) is 9.69 Å². The van der Waals surface area contributed by atoms with Gasteiger partial charge in [-0.15, -0.1) is 0 Å². The molecule has 1 aromatic carbocycles. The van der Waals surface area contributed by atoms with Crippen LogP contribution in [0, 0.1) is 5.82 Å². The van der Waals surface area contributed by atoms with Crippen LogP contribution in [0.25, 0.3) is 0 Å². The number of piperidine rings is 1. The molecule has 0 bridgehead atoms. The molecule has 122 valence electrons. The molecule has 1 aliphatic rings. The van der Waals surface area contributed by atoms with Crippen molar-refractivity contribution in [3.05, 3.63) is 30.1 Å². The Hall–Kier alpha value is -1.67. The first kappa shape index (κ1) is 16.7. The zero-order chi connectivity index (χ0) is 16.4. The number of anilines is 1. The van der Waals surface area contributed by atoms with Crippen molar-refractivity contribution in [1.82, 2.24) is 4.90 Å². The number of nitrogens with zero attached hydrogens (tertiary/aromatic N) is 1. The quantitative estimate of drug-likeness (QED) is 0.839. The number of likely N-dealkylation sites (tertiary alicyclic amines) is 1. The van der Waals surface area contributed by atoms with Crippen molar-refractivity contribution in [2.75, 3.05) is 25.0 Å². The molecule has 1 saturated heterocycles. The lowest BCUT2D eigenvalue weighted by Crippen LogP contribution is -2.54. The molecule has 2 rings (SSSR count). The zero-order valence-corrected chi connectivity index (χ0v) is 11.7. The van der Waals surface area contributed by atoms with Gasteiger partial charge in [0.25, 0.3) is 0 Å². The van der Waals surface area contributed by atoms with E-state index in [9.17, 15) is 27.5 Å². The number of benzene rings is 1. The molecule has 1 fully saturated rings. The minimum absolute atomic E-state index is 0.0351. The van der Waals surface area contributed by atoms with Crippen molar-refractivity contribution in [1.29, 1.82) is 0 Å². The summed E-state index contributed by atoms with van der Waals surface area (Å²) in [5.74, 6) is -0.936. The first-order chi connectivity index (χ1) is 10.2. The van der Waals surface area contributed by atoms with Crippen LogP contribution in [0.4, 0.5) is 23.2 Å². The number of halogens is 4. The molecule has 0 spiro atoms. The summed E-state index contributed by atoms with van der Waals surface area (Å²) in [4.78, 5) is 13.3. The molecule has 22 heavy (non-hydrogen) atoms. The number of rotatable bonds is 3. The number of carbonyl (C=O) groups excluding carboxylic acids is 1. The second-order valence-corrected chi connectivity index (χ2v) is 5.36. The Kier molecular flexibility index (Phi) is 4.72. The Morgan fingerprint density at radius 1 is 1.32 bits per heavy atom. The van der Waals surface area contributed by atoms with Gasteiger partial charge < -0.3 is 10.4 Å². The van der Waals surface area contributed by atoms with E-state index < -0.39 is 36.3 Å². The maximum absolute atomic E-state index is 13.0. The minimum atomic E-state index is -4.66. The van der Waals surface area contributed by atoms with E-state index in [4.69, 9.17) is 0 Å². The van der Waals surface area contributed by atoms with Crippen LogP contribution in [-0.2, 0) is 4.79 Å². The molecule has 0 aliphatic carbocycles. The Bertz CT molecular complexity index is 540. The van der Waals surface area contributed by atoms with Crippen molar-refractivity contribution in [3.8, 4) is 0 Å². The molecule has 1 aromatic rings. The average Bonchev–Trinajstić information content (AvgIpc) is 2.40. The van der Waals surface area contributed by atoms with Crippen LogP contribution in [0.1, 0.15) is 12.8 Å². The standard InChI is InChI=1S/C14H16F4N2O2/c15-10-2-1-3-11(8-10)19-12(21)9-20-6-4-13(22,5-7-20)14(16,17)18/h1-3,8,22H,4-7,9H2,(H,19,21). The number of nitrogens with one attached hydrogen (secondary N) is 1. The minimum Gasteiger partial charge on any atom is -0.380 e. The number of hydrogen-bond acceptors (Lipinski definition) is 3. The van der Waals surface area contributed by atoms with Gasteiger partial charge >= 0.3 is 6.18 Å². The fraction of sp³-hybridized carbons (Fsp3) is 0.500.